The molecule has 3 rings (SSSR count). The monoisotopic (exact) mass is 285 g/mol. The van der Waals surface area contributed by atoms with Crippen molar-refractivity contribution in [3.8, 4) is 0 Å². The van der Waals surface area contributed by atoms with Crippen LogP contribution >= 0.6 is 0 Å². The molecule has 1 heterocycles. The summed E-state index contributed by atoms with van der Waals surface area (Å²) in [7, 11) is 0. The van der Waals surface area contributed by atoms with E-state index in [-0.39, 0.29) is 17.1 Å². The molecular formula is C17H16FNO2. The maximum Gasteiger partial charge on any atom is 0.244 e. The van der Waals surface area contributed by atoms with Crippen molar-refractivity contribution in [2.45, 2.75) is 18.3 Å². The highest BCUT2D eigenvalue weighted by molar-refractivity contribution is 5.91. The number of carbonyl (C=O) groups excluding carboxylic acids is 1. The van der Waals surface area contributed by atoms with Crippen LogP contribution in [0.1, 0.15) is 24.2 Å². The van der Waals surface area contributed by atoms with E-state index < -0.39 is 0 Å². The zero-order valence-corrected chi connectivity index (χ0v) is 11.5. The van der Waals surface area contributed by atoms with E-state index in [4.69, 9.17) is 4.42 Å². The molecule has 1 aromatic heterocycles. The molecule has 0 atom stereocenters. The summed E-state index contributed by atoms with van der Waals surface area (Å²) in [5, 5.41) is 2.90. The van der Waals surface area contributed by atoms with Crippen LogP contribution in [0, 0.1) is 5.82 Å². The Hall–Kier alpha value is -2.36. The van der Waals surface area contributed by atoms with E-state index >= 15 is 0 Å². The predicted octanol–water partition coefficient (Wildman–Crippen LogP) is 3.28. The fraction of sp³-hybridized carbons (Fsp3) is 0.235. The van der Waals surface area contributed by atoms with Gasteiger partial charge in [0.15, 0.2) is 0 Å². The van der Waals surface area contributed by atoms with E-state index in [0.29, 0.717) is 12.3 Å². The first-order valence-electron chi connectivity index (χ1n) is 6.93. The van der Waals surface area contributed by atoms with E-state index in [1.54, 1.807) is 36.6 Å². The van der Waals surface area contributed by atoms with Crippen LogP contribution in [0.2, 0.25) is 0 Å². The lowest BCUT2D eigenvalue weighted by atomic mass is 9.96. The largest absolute Gasteiger partial charge is 0.465 e. The Bertz CT molecular complexity index is 640. The van der Waals surface area contributed by atoms with Gasteiger partial charge in [-0.05, 0) is 48.7 Å². The van der Waals surface area contributed by atoms with Gasteiger partial charge in [0.05, 0.1) is 6.26 Å². The molecule has 1 N–H and O–H groups in total. The molecule has 1 aliphatic rings. The number of amides is 1. The maximum absolute atomic E-state index is 13.0. The van der Waals surface area contributed by atoms with Crippen molar-refractivity contribution in [2.24, 2.45) is 0 Å². The summed E-state index contributed by atoms with van der Waals surface area (Å²) in [5.74, 6) is 0.254. The van der Waals surface area contributed by atoms with Gasteiger partial charge in [-0.1, -0.05) is 12.1 Å². The minimum absolute atomic E-state index is 0.0259. The zero-order chi connectivity index (χ0) is 14.7. The van der Waals surface area contributed by atoms with Gasteiger partial charge in [0.2, 0.25) is 5.91 Å². The second kappa shape index (κ2) is 5.56. The number of carbonyl (C=O) groups is 1. The molecule has 21 heavy (non-hydrogen) atoms. The van der Waals surface area contributed by atoms with Gasteiger partial charge in [-0.15, -0.1) is 0 Å². The van der Waals surface area contributed by atoms with Crippen LogP contribution in [0.5, 0.6) is 0 Å². The predicted molar refractivity (Wildman–Crippen MR) is 78.1 cm³/mol. The van der Waals surface area contributed by atoms with E-state index in [1.807, 2.05) is 0 Å². The minimum atomic E-state index is -0.236. The molecule has 0 aliphatic heterocycles. The Labute approximate surface area is 122 Å². The Morgan fingerprint density at radius 1 is 1.29 bits per heavy atom. The van der Waals surface area contributed by atoms with Crippen LogP contribution in [-0.4, -0.2) is 12.5 Å². The summed E-state index contributed by atoms with van der Waals surface area (Å²) in [6.07, 6.45) is 6.68. The SMILES string of the molecule is O=C(/C=C/c1ccco1)NCC1(c2ccc(F)cc2)CC1. The van der Waals surface area contributed by atoms with Crippen molar-refractivity contribution in [1.82, 2.24) is 5.32 Å². The van der Waals surface area contributed by atoms with Crippen molar-refractivity contribution in [1.29, 1.82) is 0 Å². The molecule has 1 aromatic carbocycles. The molecule has 1 saturated carbocycles. The maximum atomic E-state index is 13.0. The van der Waals surface area contributed by atoms with Crippen molar-refractivity contribution in [3.05, 3.63) is 65.9 Å². The van der Waals surface area contributed by atoms with Crippen LogP contribution in [0.15, 0.2) is 53.2 Å². The number of halogens is 1. The number of nitrogens with one attached hydrogen (secondary N) is 1. The second-order valence-corrected chi connectivity index (χ2v) is 5.35. The second-order valence-electron chi connectivity index (χ2n) is 5.35. The van der Waals surface area contributed by atoms with Crippen LogP contribution in [-0.2, 0) is 10.2 Å². The van der Waals surface area contributed by atoms with Gasteiger partial charge in [-0.3, -0.25) is 4.79 Å². The fourth-order valence-electron chi connectivity index (χ4n) is 2.38. The highest BCUT2D eigenvalue weighted by atomic mass is 19.1. The average molecular weight is 285 g/mol. The van der Waals surface area contributed by atoms with Crippen LogP contribution in [0.4, 0.5) is 4.39 Å². The molecule has 0 spiro atoms. The topological polar surface area (TPSA) is 42.2 Å². The summed E-state index contributed by atoms with van der Waals surface area (Å²) in [6, 6.07) is 10.1. The molecule has 0 saturated heterocycles. The first-order chi connectivity index (χ1) is 10.2. The van der Waals surface area contributed by atoms with Gasteiger partial charge < -0.3 is 9.73 Å². The third-order valence-electron chi connectivity index (χ3n) is 3.85. The van der Waals surface area contributed by atoms with Gasteiger partial charge in [-0.25, -0.2) is 4.39 Å². The van der Waals surface area contributed by atoms with Crippen LogP contribution < -0.4 is 5.32 Å². The Morgan fingerprint density at radius 2 is 2.05 bits per heavy atom. The third kappa shape index (κ3) is 3.21. The lowest BCUT2D eigenvalue weighted by Gasteiger charge is -2.15. The summed E-state index contributed by atoms with van der Waals surface area (Å²) < 4.78 is 18.1. The lowest BCUT2D eigenvalue weighted by Crippen LogP contribution is -2.31. The summed E-state index contributed by atoms with van der Waals surface area (Å²) >= 11 is 0. The van der Waals surface area contributed by atoms with Crippen molar-refractivity contribution in [3.63, 3.8) is 0 Å². The third-order valence-corrected chi connectivity index (χ3v) is 3.85. The molecule has 4 heteroatoms. The first kappa shape index (κ1) is 13.6. The standard InChI is InChI=1S/C17H16FNO2/c18-14-5-3-13(4-6-14)17(9-10-17)12-19-16(20)8-7-15-2-1-11-21-15/h1-8,11H,9-10,12H2,(H,19,20)/b8-7+. The van der Waals surface area contributed by atoms with Crippen molar-refractivity contribution in [2.75, 3.05) is 6.54 Å². The molecule has 0 radical (unpaired) electrons. The zero-order valence-electron chi connectivity index (χ0n) is 11.5. The molecule has 108 valence electrons. The minimum Gasteiger partial charge on any atom is -0.465 e. The van der Waals surface area contributed by atoms with Crippen molar-refractivity contribution >= 4 is 12.0 Å². The first-order valence-corrected chi connectivity index (χ1v) is 6.93. The van der Waals surface area contributed by atoms with Gasteiger partial charge in [0.25, 0.3) is 0 Å². The van der Waals surface area contributed by atoms with Gasteiger partial charge >= 0.3 is 0 Å². The van der Waals surface area contributed by atoms with Crippen LogP contribution in [0.3, 0.4) is 0 Å². The Kier molecular flexibility index (Phi) is 3.60. The fourth-order valence-corrected chi connectivity index (χ4v) is 2.38. The quantitative estimate of drug-likeness (QED) is 0.857. The molecule has 0 bridgehead atoms. The molecule has 3 nitrogen and oxygen atoms in total. The normalized spacial score (nSPS) is 16.0. The van der Waals surface area contributed by atoms with E-state index in [0.717, 1.165) is 18.4 Å². The summed E-state index contributed by atoms with van der Waals surface area (Å²) in [4.78, 5) is 11.8. The Balaban J connectivity index is 1.57. The number of hydrogen-bond donors (Lipinski definition) is 1. The highest BCUT2D eigenvalue weighted by Crippen LogP contribution is 2.47. The molecule has 1 aliphatic carbocycles. The van der Waals surface area contributed by atoms with Crippen molar-refractivity contribution < 1.29 is 13.6 Å². The average Bonchev–Trinajstić information content (AvgIpc) is 3.10. The van der Waals surface area contributed by atoms with Crippen LogP contribution in [0.25, 0.3) is 6.08 Å². The molecule has 0 unspecified atom stereocenters. The molecule has 1 amide bonds. The van der Waals surface area contributed by atoms with E-state index in [1.165, 1.54) is 18.2 Å². The number of rotatable bonds is 5. The lowest BCUT2D eigenvalue weighted by molar-refractivity contribution is -0.116. The number of hydrogen-bond acceptors (Lipinski definition) is 2. The Morgan fingerprint density at radius 3 is 2.67 bits per heavy atom. The van der Waals surface area contributed by atoms with Gasteiger partial charge in [-0.2, -0.15) is 0 Å². The van der Waals surface area contributed by atoms with Gasteiger partial charge in [0, 0.05) is 18.0 Å². The smallest absolute Gasteiger partial charge is 0.244 e. The van der Waals surface area contributed by atoms with E-state index in [2.05, 4.69) is 5.32 Å². The summed E-state index contributed by atoms with van der Waals surface area (Å²) in [5.41, 5.74) is 1.06. The highest BCUT2D eigenvalue weighted by Gasteiger charge is 2.44. The molecule has 2 aromatic rings. The van der Waals surface area contributed by atoms with Gasteiger partial charge in [0.1, 0.15) is 11.6 Å². The number of furan rings is 1. The molecular weight excluding hydrogens is 269 g/mol. The van der Waals surface area contributed by atoms with E-state index in [9.17, 15) is 9.18 Å². The number of benzene rings is 1. The summed E-state index contributed by atoms with van der Waals surface area (Å²) in [6.45, 7) is 0.569. The molecule has 1 fully saturated rings.